The van der Waals surface area contributed by atoms with Crippen molar-refractivity contribution in [2.75, 3.05) is 5.32 Å². The topological polar surface area (TPSA) is 91.5 Å². The summed E-state index contributed by atoms with van der Waals surface area (Å²) >= 11 is 5.10. The van der Waals surface area contributed by atoms with Gasteiger partial charge < -0.3 is 15.7 Å². The summed E-state index contributed by atoms with van der Waals surface area (Å²) in [5, 5.41) is 25.0. The molecule has 0 aliphatic rings. The Bertz CT molecular complexity index is 1530. The van der Waals surface area contributed by atoms with Gasteiger partial charge in [0.05, 0.1) is 16.4 Å². The van der Waals surface area contributed by atoms with E-state index in [9.17, 15) is 9.90 Å². The molecule has 36 heavy (non-hydrogen) atoms. The number of hydrogen-bond acceptors (Lipinski definition) is 6. The molecule has 0 saturated carbocycles. The molecule has 0 unspecified atom stereocenters. The van der Waals surface area contributed by atoms with Gasteiger partial charge in [0.25, 0.3) is 0 Å². The number of hydrogen-bond donors (Lipinski definition) is 3. The molecule has 0 atom stereocenters. The number of nitrogens with one attached hydrogen (secondary N) is 2. The van der Waals surface area contributed by atoms with Crippen LogP contribution in [0.1, 0.15) is 16.7 Å². The van der Waals surface area contributed by atoms with Gasteiger partial charge >= 0.3 is 0 Å². The van der Waals surface area contributed by atoms with E-state index < -0.39 is 0 Å². The zero-order valence-electron chi connectivity index (χ0n) is 19.1. The number of phenolic OH excluding ortho intramolecular Hbond substituents is 1. The fourth-order valence-electron chi connectivity index (χ4n) is 3.65. The third-order valence-electron chi connectivity index (χ3n) is 5.54. The highest BCUT2D eigenvalue weighted by Gasteiger charge is 2.13. The predicted molar refractivity (Wildman–Crippen MR) is 147 cm³/mol. The first kappa shape index (κ1) is 23.8. The number of anilines is 1. The van der Waals surface area contributed by atoms with Crippen molar-refractivity contribution in [1.29, 1.82) is 0 Å². The number of amides is 1. The molecular formula is C27H22BrN5O2S. The van der Waals surface area contributed by atoms with Crippen molar-refractivity contribution in [3.63, 3.8) is 0 Å². The molecule has 5 aromatic rings. The Balaban J connectivity index is 1.25. The number of thiophene rings is 1. The van der Waals surface area contributed by atoms with E-state index in [1.807, 2.05) is 59.3 Å². The van der Waals surface area contributed by atoms with E-state index in [0.29, 0.717) is 30.0 Å². The normalized spacial score (nSPS) is 11.2. The molecule has 3 heterocycles. The lowest BCUT2D eigenvalue weighted by Crippen LogP contribution is -2.20. The first-order chi connectivity index (χ1) is 17.6. The Morgan fingerprint density at radius 1 is 1.08 bits per heavy atom. The maximum Gasteiger partial charge on any atom is 0.244 e. The summed E-state index contributed by atoms with van der Waals surface area (Å²) < 4.78 is 2.49. The van der Waals surface area contributed by atoms with Crippen LogP contribution in [-0.4, -0.2) is 25.6 Å². The number of benzene rings is 2. The SMILES string of the molecule is O=C(/C=C/c1ccsc1)NCc1ccc(CNc2cc(-c3ccccc3O)nc3c(Br)cnn23)cc1. The molecule has 0 aliphatic carbocycles. The first-order valence-electron chi connectivity index (χ1n) is 11.2. The van der Waals surface area contributed by atoms with E-state index in [4.69, 9.17) is 0 Å². The van der Waals surface area contributed by atoms with Gasteiger partial charge in [0, 0.05) is 30.8 Å². The highest BCUT2D eigenvalue weighted by Crippen LogP contribution is 2.31. The summed E-state index contributed by atoms with van der Waals surface area (Å²) in [6.45, 7) is 1.02. The van der Waals surface area contributed by atoms with Crippen molar-refractivity contribution in [2.24, 2.45) is 0 Å². The molecule has 2 aromatic carbocycles. The van der Waals surface area contributed by atoms with E-state index in [1.165, 1.54) is 0 Å². The van der Waals surface area contributed by atoms with Gasteiger partial charge in [-0.05, 0) is 67.7 Å². The van der Waals surface area contributed by atoms with Crippen LogP contribution in [0.2, 0.25) is 0 Å². The second-order valence-electron chi connectivity index (χ2n) is 8.05. The minimum absolute atomic E-state index is 0.126. The number of rotatable bonds is 8. The van der Waals surface area contributed by atoms with Crippen molar-refractivity contribution in [1.82, 2.24) is 19.9 Å². The van der Waals surface area contributed by atoms with Gasteiger partial charge in [-0.2, -0.15) is 21.0 Å². The molecule has 0 saturated heterocycles. The Kier molecular flexibility index (Phi) is 7.11. The number of carbonyl (C=O) groups excluding carboxylic acids is 1. The van der Waals surface area contributed by atoms with Crippen LogP contribution in [0.5, 0.6) is 5.75 Å². The van der Waals surface area contributed by atoms with Crippen LogP contribution < -0.4 is 10.6 Å². The second kappa shape index (κ2) is 10.8. The summed E-state index contributed by atoms with van der Waals surface area (Å²) in [4.78, 5) is 16.7. The van der Waals surface area contributed by atoms with Crippen molar-refractivity contribution in [3.8, 4) is 17.0 Å². The summed E-state index contributed by atoms with van der Waals surface area (Å²) in [5.74, 6) is 0.789. The number of aromatic nitrogens is 3. The maximum absolute atomic E-state index is 12.1. The fourth-order valence-corrected chi connectivity index (χ4v) is 4.62. The molecule has 0 radical (unpaired) electrons. The molecule has 7 nitrogen and oxygen atoms in total. The van der Waals surface area contributed by atoms with E-state index in [2.05, 4.69) is 36.6 Å². The van der Waals surface area contributed by atoms with Crippen LogP contribution in [0.4, 0.5) is 5.82 Å². The highest BCUT2D eigenvalue weighted by atomic mass is 79.9. The van der Waals surface area contributed by atoms with Crippen LogP contribution in [-0.2, 0) is 17.9 Å². The van der Waals surface area contributed by atoms with E-state index >= 15 is 0 Å². The number of nitrogens with zero attached hydrogens (tertiary/aromatic N) is 3. The maximum atomic E-state index is 12.1. The lowest BCUT2D eigenvalue weighted by atomic mass is 10.1. The summed E-state index contributed by atoms with van der Waals surface area (Å²) in [6, 6.07) is 19.0. The summed E-state index contributed by atoms with van der Waals surface area (Å²) in [6.07, 6.45) is 5.05. The zero-order valence-corrected chi connectivity index (χ0v) is 21.5. The number of halogens is 1. The third-order valence-corrected chi connectivity index (χ3v) is 6.80. The number of para-hydroxylation sites is 1. The molecule has 3 N–H and O–H groups in total. The van der Waals surface area contributed by atoms with E-state index in [-0.39, 0.29) is 11.7 Å². The van der Waals surface area contributed by atoms with Crippen LogP contribution >= 0.6 is 27.3 Å². The summed E-state index contributed by atoms with van der Waals surface area (Å²) in [7, 11) is 0. The van der Waals surface area contributed by atoms with Crippen molar-refractivity contribution in [2.45, 2.75) is 13.1 Å². The molecule has 3 aromatic heterocycles. The average Bonchev–Trinajstić information content (AvgIpc) is 3.56. The average molecular weight is 560 g/mol. The predicted octanol–water partition coefficient (Wildman–Crippen LogP) is 5.87. The van der Waals surface area contributed by atoms with Crippen LogP contribution in [0.3, 0.4) is 0 Å². The molecule has 5 rings (SSSR count). The molecule has 0 bridgehead atoms. The van der Waals surface area contributed by atoms with Gasteiger partial charge in [0.15, 0.2) is 5.65 Å². The first-order valence-corrected chi connectivity index (χ1v) is 12.9. The van der Waals surface area contributed by atoms with Crippen molar-refractivity contribution in [3.05, 3.63) is 105 Å². The number of phenols is 1. The Hall–Kier alpha value is -3.95. The monoisotopic (exact) mass is 559 g/mol. The van der Waals surface area contributed by atoms with Gasteiger partial charge in [0.1, 0.15) is 11.6 Å². The smallest absolute Gasteiger partial charge is 0.244 e. The molecule has 9 heteroatoms. The largest absolute Gasteiger partial charge is 0.507 e. The number of carbonyl (C=O) groups is 1. The minimum Gasteiger partial charge on any atom is -0.507 e. The molecule has 1 amide bonds. The third kappa shape index (κ3) is 5.48. The summed E-state index contributed by atoms with van der Waals surface area (Å²) in [5.41, 5.74) is 5.05. The molecule has 0 spiro atoms. The molecular weight excluding hydrogens is 538 g/mol. The van der Waals surface area contributed by atoms with Gasteiger partial charge in [-0.15, -0.1) is 0 Å². The molecule has 0 aliphatic heterocycles. The van der Waals surface area contributed by atoms with Crippen LogP contribution in [0.25, 0.3) is 23.0 Å². The van der Waals surface area contributed by atoms with E-state index in [0.717, 1.165) is 27.0 Å². The van der Waals surface area contributed by atoms with Crippen molar-refractivity contribution >= 4 is 50.7 Å². The Morgan fingerprint density at radius 3 is 2.61 bits per heavy atom. The molecule has 0 fully saturated rings. The fraction of sp³-hybridized carbons (Fsp3) is 0.0741. The lowest BCUT2D eigenvalue weighted by molar-refractivity contribution is -0.116. The second-order valence-corrected chi connectivity index (χ2v) is 9.68. The van der Waals surface area contributed by atoms with E-state index in [1.54, 1.807) is 46.3 Å². The Morgan fingerprint density at radius 2 is 1.86 bits per heavy atom. The number of fused-ring (bicyclic) bond motifs is 1. The lowest BCUT2D eigenvalue weighted by Gasteiger charge is -2.12. The molecule has 180 valence electrons. The minimum atomic E-state index is -0.126. The zero-order chi connectivity index (χ0) is 24.9. The van der Waals surface area contributed by atoms with Gasteiger partial charge in [-0.25, -0.2) is 4.98 Å². The van der Waals surface area contributed by atoms with Crippen LogP contribution in [0.15, 0.2) is 88.2 Å². The van der Waals surface area contributed by atoms with Gasteiger partial charge in [0.2, 0.25) is 5.91 Å². The van der Waals surface area contributed by atoms with Crippen molar-refractivity contribution < 1.29 is 9.90 Å². The number of aromatic hydroxyl groups is 1. The van der Waals surface area contributed by atoms with Gasteiger partial charge in [-0.3, -0.25) is 4.79 Å². The van der Waals surface area contributed by atoms with Gasteiger partial charge in [-0.1, -0.05) is 36.4 Å². The van der Waals surface area contributed by atoms with Crippen LogP contribution in [0, 0.1) is 0 Å². The Labute approximate surface area is 220 Å². The standard InChI is InChI=1S/C27H22BrN5O2S/c28-22-16-31-33-25(13-23(32-27(22)33)21-3-1-2-4-24(21)34)29-14-18-5-7-19(8-6-18)15-30-26(35)10-9-20-11-12-36-17-20/h1-13,16-17,29,34H,14-15H2,(H,30,35)/b10-9+. The highest BCUT2D eigenvalue weighted by molar-refractivity contribution is 9.10. The quantitative estimate of drug-likeness (QED) is 0.207.